The maximum Gasteiger partial charge on any atom is 0.139 e. The highest BCUT2D eigenvalue weighted by Crippen LogP contribution is 2.43. The van der Waals surface area contributed by atoms with E-state index in [9.17, 15) is 4.39 Å². The lowest BCUT2D eigenvalue weighted by Gasteiger charge is -2.20. The summed E-state index contributed by atoms with van der Waals surface area (Å²) in [5, 5.41) is 4.49. The van der Waals surface area contributed by atoms with Gasteiger partial charge in [0.15, 0.2) is 0 Å². The minimum atomic E-state index is -1.08. The fraction of sp³-hybridized carbons (Fsp3) is 0.476. The minimum absolute atomic E-state index is 0.0376. The Balaban J connectivity index is 1.64. The predicted molar refractivity (Wildman–Crippen MR) is 117 cm³/mol. The zero-order chi connectivity index (χ0) is 20.3. The highest BCUT2D eigenvalue weighted by atomic mass is 35.5. The fourth-order valence-corrected chi connectivity index (χ4v) is 3.84. The van der Waals surface area contributed by atoms with E-state index in [1.54, 1.807) is 6.08 Å². The predicted octanol–water partition coefficient (Wildman–Crippen LogP) is 5.84. The summed E-state index contributed by atoms with van der Waals surface area (Å²) in [4.78, 5) is 2.28. The van der Waals surface area contributed by atoms with Crippen LogP contribution in [0.2, 0.25) is 25.7 Å². The zero-order valence-electron chi connectivity index (χ0n) is 16.9. The first-order valence-corrected chi connectivity index (χ1v) is 13.8. The van der Waals surface area contributed by atoms with Crippen molar-refractivity contribution < 1.29 is 9.13 Å². The third-order valence-electron chi connectivity index (χ3n) is 4.84. The highest BCUT2D eigenvalue weighted by molar-refractivity contribution is 6.76. The van der Waals surface area contributed by atoms with Crippen LogP contribution >= 0.6 is 11.6 Å². The van der Waals surface area contributed by atoms with E-state index in [4.69, 9.17) is 16.3 Å². The van der Waals surface area contributed by atoms with Gasteiger partial charge in [0.1, 0.15) is 12.6 Å². The van der Waals surface area contributed by atoms with E-state index in [2.05, 4.69) is 42.3 Å². The zero-order valence-corrected chi connectivity index (χ0v) is 18.7. The number of rotatable bonds is 9. The Labute approximate surface area is 173 Å². The Morgan fingerprint density at radius 1 is 1.43 bits per heavy atom. The Morgan fingerprint density at radius 3 is 2.82 bits per heavy atom. The maximum atomic E-state index is 13.1. The van der Waals surface area contributed by atoms with Crippen LogP contribution in [0, 0.1) is 5.92 Å². The Hall–Kier alpha value is -1.63. The van der Waals surface area contributed by atoms with E-state index < -0.39 is 13.9 Å². The summed E-state index contributed by atoms with van der Waals surface area (Å²) in [6.45, 7) is 12.2. The second-order valence-electron chi connectivity index (χ2n) is 8.68. The van der Waals surface area contributed by atoms with E-state index in [-0.39, 0.29) is 5.03 Å². The second-order valence-corrected chi connectivity index (χ2v) is 14.7. The standard InChI is InChI=1S/C21H29ClFN3OSi/c1-16(23)20(22)8-5-17-11-21(18-6-7-18)26(13-17)19-12-24-25(14-19)15-27-9-10-28(2,3)4/h5,8,11-12,14,18H,1,6-7,9-10,13,15H2,2-4H3/b17-5-,20-8+. The Bertz CT molecular complexity index is 818. The van der Waals surface area contributed by atoms with Crippen molar-refractivity contribution in [1.82, 2.24) is 9.78 Å². The number of halogens is 2. The lowest BCUT2D eigenvalue weighted by molar-refractivity contribution is 0.0786. The van der Waals surface area contributed by atoms with Crippen molar-refractivity contribution in [3.8, 4) is 0 Å². The molecular formula is C21H29ClFN3OSi. The van der Waals surface area contributed by atoms with Crippen LogP contribution in [0.15, 0.2) is 59.3 Å². The molecule has 1 aliphatic heterocycles. The number of hydrogen-bond donors (Lipinski definition) is 0. The van der Waals surface area contributed by atoms with E-state index in [0.717, 1.165) is 30.5 Å². The third kappa shape index (κ3) is 5.93. The SMILES string of the molecule is C=C(F)/C(Cl)=C\C=C1\C=C(C2CC2)N(c2cnn(COCC[Si](C)(C)C)c2)C1. The van der Waals surface area contributed by atoms with Gasteiger partial charge in [-0.15, -0.1) is 0 Å². The van der Waals surface area contributed by atoms with Gasteiger partial charge < -0.3 is 9.64 Å². The lowest BCUT2D eigenvalue weighted by Crippen LogP contribution is -2.22. The summed E-state index contributed by atoms with van der Waals surface area (Å²) in [7, 11) is -1.08. The molecule has 7 heteroatoms. The van der Waals surface area contributed by atoms with Crippen LogP contribution < -0.4 is 4.90 Å². The number of ether oxygens (including phenoxy) is 1. The van der Waals surface area contributed by atoms with Gasteiger partial charge in [-0.1, -0.05) is 43.9 Å². The fourth-order valence-electron chi connectivity index (χ4n) is 3.02. The molecule has 1 aromatic rings. The molecular weight excluding hydrogens is 393 g/mol. The molecule has 0 aromatic carbocycles. The Kier molecular flexibility index (Phi) is 6.63. The minimum Gasteiger partial charge on any atom is -0.360 e. The van der Waals surface area contributed by atoms with Crippen LogP contribution in [-0.4, -0.2) is 31.0 Å². The molecule has 152 valence electrons. The van der Waals surface area contributed by atoms with E-state index in [1.807, 2.05) is 23.2 Å². The molecule has 0 N–H and O–H groups in total. The summed E-state index contributed by atoms with van der Waals surface area (Å²) in [6, 6.07) is 1.15. The summed E-state index contributed by atoms with van der Waals surface area (Å²) < 4.78 is 20.7. The van der Waals surface area contributed by atoms with Crippen molar-refractivity contribution in [2.24, 2.45) is 5.92 Å². The van der Waals surface area contributed by atoms with Crippen molar-refractivity contribution in [3.05, 3.63) is 59.3 Å². The van der Waals surface area contributed by atoms with Gasteiger partial charge >= 0.3 is 0 Å². The number of nitrogens with zero attached hydrogens (tertiary/aromatic N) is 3. The van der Waals surface area contributed by atoms with E-state index in [0.29, 0.717) is 12.6 Å². The van der Waals surface area contributed by atoms with Gasteiger partial charge in [0.05, 0.1) is 23.1 Å². The molecule has 0 radical (unpaired) electrons. The molecule has 4 nitrogen and oxygen atoms in total. The van der Waals surface area contributed by atoms with Gasteiger partial charge in [-0.05, 0) is 42.5 Å². The van der Waals surface area contributed by atoms with Crippen LogP contribution in [0.25, 0.3) is 0 Å². The molecule has 2 aliphatic rings. The summed E-state index contributed by atoms with van der Waals surface area (Å²) >= 11 is 5.83. The van der Waals surface area contributed by atoms with Gasteiger partial charge in [0.2, 0.25) is 0 Å². The van der Waals surface area contributed by atoms with Crippen LogP contribution in [0.4, 0.5) is 10.1 Å². The first kappa shape index (κ1) is 21.1. The molecule has 1 aliphatic carbocycles. The topological polar surface area (TPSA) is 30.3 Å². The van der Waals surface area contributed by atoms with Crippen LogP contribution in [-0.2, 0) is 11.5 Å². The van der Waals surface area contributed by atoms with Crippen LogP contribution in [0.5, 0.6) is 0 Å². The highest BCUT2D eigenvalue weighted by Gasteiger charge is 2.34. The van der Waals surface area contributed by atoms with Crippen molar-refractivity contribution >= 4 is 25.4 Å². The monoisotopic (exact) mass is 421 g/mol. The second kappa shape index (κ2) is 8.80. The number of aromatic nitrogens is 2. The van der Waals surface area contributed by atoms with Crippen LogP contribution in [0.1, 0.15) is 12.8 Å². The van der Waals surface area contributed by atoms with Gasteiger partial charge in [0.25, 0.3) is 0 Å². The van der Waals surface area contributed by atoms with E-state index >= 15 is 0 Å². The van der Waals surface area contributed by atoms with Crippen LogP contribution in [0.3, 0.4) is 0 Å². The molecule has 1 aromatic heterocycles. The first-order chi connectivity index (χ1) is 13.2. The third-order valence-corrected chi connectivity index (χ3v) is 6.87. The first-order valence-electron chi connectivity index (χ1n) is 9.73. The number of hydrogen-bond acceptors (Lipinski definition) is 3. The quantitative estimate of drug-likeness (QED) is 0.285. The van der Waals surface area contributed by atoms with Crippen molar-refractivity contribution in [3.63, 3.8) is 0 Å². The maximum absolute atomic E-state index is 13.1. The summed E-state index contributed by atoms with van der Waals surface area (Å²) in [5.74, 6) is -0.0204. The van der Waals surface area contributed by atoms with Crippen molar-refractivity contribution in [2.45, 2.75) is 45.3 Å². The molecule has 0 spiro atoms. The molecule has 2 heterocycles. The normalized spacial score (nSPS) is 19.5. The van der Waals surface area contributed by atoms with Crippen molar-refractivity contribution in [2.75, 3.05) is 18.1 Å². The number of allylic oxidation sites excluding steroid dienone is 5. The van der Waals surface area contributed by atoms with Gasteiger partial charge in [0, 0.05) is 26.9 Å². The largest absolute Gasteiger partial charge is 0.360 e. The molecule has 28 heavy (non-hydrogen) atoms. The molecule has 1 saturated carbocycles. The Morgan fingerprint density at radius 2 is 2.18 bits per heavy atom. The van der Waals surface area contributed by atoms with Gasteiger partial charge in [-0.25, -0.2) is 9.07 Å². The smallest absolute Gasteiger partial charge is 0.139 e. The summed E-state index contributed by atoms with van der Waals surface area (Å²) in [6.07, 6.45) is 11.9. The van der Waals surface area contributed by atoms with Gasteiger partial charge in [-0.2, -0.15) is 5.10 Å². The molecule has 0 amide bonds. The van der Waals surface area contributed by atoms with E-state index in [1.165, 1.54) is 18.5 Å². The van der Waals surface area contributed by atoms with Gasteiger partial charge in [-0.3, -0.25) is 0 Å². The average Bonchev–Trinajstić information content (AvgIpc) is 3.20. The number of anilines is 1. The molecule has 0 bridgehead atoms. The molecule has 0 atom stereocenters. The van der Waals surface area contributed by atoms with Crippen molar-refractivity contribution in [1.29, 1.82) is 0 Å². The molecule has 1 fully saturated rings. The summed E-state index contributed by atoms with van der Waals surface area (Å²) in [5.41, 5.74) is 3.45. The molecule has 0 unspecified atom stereocenters. The molecule has 3 rings (SSSR count). The lowest BCUT2D eigenvalue weighted by atomic mass is 10.2. The molecule has 0 saturated heterocycles. The average molecular weight is 422 g/mol.